The molecule has 3 rings (SSSR count). The molecular formula is C12H12N2O2. The van der Waals surface area contributed by atoms with Gasteiger partial charge < -0.3 is 10.1 Å². The lowest BCUT2D eigenvalue weighted by molar-refractivity contribution is -0.139. The molecule has 0 saturated carbocycles. The molecule has 16 heavy (non-hydrogen) atoms. The Kier molecular flexibility index (Phi) is 1.97. The van der Waals surface area contributed by atoms with E-state index in [-0.39, 0.29) is 0 Å². The van der Waals surface area contributed by atoms with Gasteiger partial charge in [-0.15, -0.1) is 0 Å². The van der Waals surface area contributed by atoms with Crippen LogP contribution >= 0.6 is 0 Å². The van der Waals surface area contributed by atoms with Crippen molar-refractivity contribution in [1.29, 1.82) is 0 Å². The first-order valence-corrected chi connectivity index (χ1v) is 5.30. The molecule has 0 aliphatic carbocycles. The van der Waals surface area contributed by atoms with Crippen LogP contribution in [0.25, 0.3) is 10.9 Å². The number of carbonyl (C=O) groups is 1. The van der Waals surface area contributed by atoms with Crippen LogP contribution < -0.4 is 5.32 Å². The Bertz CT molecular complexity index is 559. The number of rotatable bonds is 1. The van der Waals surface area contributed by atoms with Crippen LogP contribution in [-0.4, -0.2) is 22.1 Å². The first kappa shape index (κ1) is 9.42. The van der Waals surface area contributed by atoms with Crippen molar-refractivity contribution in [3.05, 3.63) is 35.5 Å². The van der Waals surface area contributed by atoms with E-state index in [2.05, 4.69) is 10.3 Å². The molecular weight excluding hydrogens is 203 g/mol. The van der Waals surface area contributed by atoms with Crippen molar-refractivity contribution >= 4 is 16.9 Å². The van der Waals surface area contributed by atoms with Crippen molar-refractivity contribution in [3.63, 3.8) is 0 Å². The molecule has 0 radical (unpaired) electrons. The minimum atomic E-state index is -0.782. The number of nitrogens with one attached hydrogen (secondary N) is 2. The van der Waals surface area contributed by atoms with Gasteiger partial charge in [-0.2, -0.15) is 0 Å². The van der Waals surface area contributed by atoms with E-state index in [1.165, 1.54) is 0 Å². The summed E-state index contributed by atoms with van der Waals surface area (Å²) in [4.78, 5) is 14.3. The summed E-state index contributed by atoms with van der Waals surface area (Å²) < 4.78 is 0. The third-order valence-corrected chi connectivity index (χ3v) is 3.13. The zero-order valence-corrected chi connectivity index (χ0v) is 8.66. The number of hydrogen-bond donors (Lipinski definition) is 3. The molecule has 1 unspecified atom stereocenters. The molecule has 0 bridgehead atoms. The highest BCUT2D eigenvalue weighted by molar-refractivity contribution is 5.86. The number of H-pyrrole nitrogens is 1. The normalized spacial score (nSPS) is 19.6. The standard InChI is InChI=1S/C12H12N2O2/c15-12(16)10-5-8-7-3-1-2-4-9(7)14-11(8)6-13-10/h1-4,10,13-14H,5-6H2,(H,15,16)/i6-1. The molecule has 1 atom stereocenters. The van der Waals surface area contributed by atoms with Gasteiger partial charge in [0.05, 0.1) is 0 Å². The number of fused-ring (bicyclic) bond motifs is 3. The number of hydrogen-bond acceptors (Lipinski definition) is 2. The molecule has 1 aromatic heterocycles. The lowest BCUT2D eigenvalue weighted by Crippen LogP contribution is -2.41. The van der Waals surface area contributed by atoms with Crippen molar-refractivity contribution in [2.24, 2.45) is 0 Å². The van der Waals surface area contributed by atoms with Gasteiger partial charge in [-0.05, 0) is 11.6 Å². The fourth-order valence-corrected chi connectivity index (χ4v) is 2.32. The van der Waals surface area contributed by atoms with E-state index >= 15 is 0 Å². The van der Waals surface area contributed by atoms with Crippen molar-refractivity contribution in [3.8, 4) is 0 Å². The van der Waals surface area contributed by atoms with Crippen LogP contribution in [0.4, 0.5) is 0 Å². The van der Waals surface area contributed by atoms with Gasteiger partial charge in [0.2, 0.25) is 0 Å². The zero-order valence-electron chi connectivity index (χ0n) is 8.66. The smallest absolute Gasteiger partial charge is 0.321 e. The maximum absolute atomic E-state index is 10.9. The van der Waals surface area contributed by atoms with Gasteiger partial charge in [-0.25, -0.2) is 0 Å². The molecule has 0 saturated heterocycles. The maximum atomic E-state index is 10.9. The topological polar surface area (TPSA) is 65.1 Å². The van der Waals surface area contributed by atoms with Gasteiger partial charge in [0.25, 0.3) is 0 Å². The van der Waals surface area contributed by atoms with E-state index in [9.17, 15) is 4.79 Å². The van der Waals surface area contributed by atoms with Gasteiger partial charge in [0.15, 0.2) is 0 Å². The van der Waals surface area contributed by atoms with Crippen LogP contribution in [0.5, 0.6) is 0 Å². The first-order chi connectivity index (χ1) is 7.75. The van der Waals surface area contributed by atoms with Crippen LogP contribution in [0.2, 0.25) is 0 Å². The molecule has 82 valence electrons. The minimum absolute atomic E-state index is 0.466. The molecule has 1 aromatic carbocycles. The Hall–Kier alpha value is -1.81. The van der Waals surface area contributed by atoms with Gasteiger partial charge in [0.1, 0.15) is 6.04 Å². The van der Waals surface area contributed by atoms with Gasteiger partial charge in [-0.3, -0.25) is 10.1 Å². The van der Waals surface area contributed by atoms with Crippen LogP contribution in [0.15, 0.2) is 24.3 Å². The van der Waals surface area contributed by atoms with Crippen LogP contribution in [-0.2, 0) is 17.8 Å². The lowest BCUT2D eigenvalue weighted by Gasteiger charge is -2.20. The predicted octanol–water partition coefficient (Wildman–Crippen LogP) is 1.27. The van der Waals surface area contributed by atoms with E-state index in [1.807, 2.05) is 24.3 Å². The number of aromatic nitrogens is 1. The number of carboxylic acids is 1. The molecule has 2 aromatic rings. The Morgan fingerprint density at radius 2 is 2.19 bits per heavy atom. The van der Waals surface area contributed by atoms with E-state index in [1.54, 1.807) is 0 Å². The Labute approximate surface area is 92.3 Å². The van der Waals surface area contributed by atoms with E-state index in [4.69, 9.17) is 5.11 Å². The fraction of sp³-hybridized carbons (Fsp3) is 0.250. The second-order valence-electron chi connectivity index (χ2n) is 4.10. The third kappa shape index (κ3) is 1.31. The predicted molar refractivity (Wildman–Crippen MR) is 60.3 cm³/mol. The molecule has 2 heterocycles. The largest absolute Gasteiger partial charge is 0.480 e. The number of carboxylic acid groups (broad SMARTS) is 1. The van der Waals surface area contributed by atoms with Crippen molar-refractivity contribution in [1.82, 2.24) is 10.3 Å². The molecule has 3 N–H and O–H groups in total. The van der Waals surface area contributed by atoms with Gasteiger partial charge in [0, 0.05) is 29.6 Å². The highest BCUT2D eigenvalue weighted by Gasteiger charge is 2.26. The summed E-state index contributed by atoms with van der Waals surface area (Å²) >= 11 is 0. The SMILES string of the molecule is O=C(O)C1Cc2c([nH]c3ccccc23)[11CH2]N1. The van der Waals surface area contributed by atoms with Crippen LogP contribution in [0.1, 0.15) is 11.3 Å². The molecule has 0 amide bonds. The van der Waals surface area contributed by atoms with Crippen molar-refractivity contribution < 1.29 is 9.90 Å². The summed E-state index contributed by atoms with van der Waals surface area (Å²) in [5.41, 5.74) is 3.33. The van der Waals surface area contributed by atoms with Gasteiger partial charge >= 0.3 is 5.97 Å². The molecule has 4 heteroatoms. The average molecular weight is 215 g/mol. The Morgan fingerprint density at radius 3 is 3.00 bits per heavy atom. The number of benzene rings is 1. The average Bonchev–Trinajstić information content (AvgIpc) is 2.66. The van der Waals surface area contributed by atoms with Gasteiger partial charge in [-0.1, -0.05) is 18.2 Å². The number of aromatic amines is 1. The highest BCUT2D eigenvalue weighted by atomic mass is 16.4. The number of aliphatic carboxylic acids is 1. The molecule has 0 fully saturated rings. The monoisotopic (exact) mass is 215 g/mol. The first-order valence-electron chi connectivity index (χ1n) is 5.30. The molecule has 1 aliphatic heterocycles. The maximum Gasteiger partial charge on any atom is 0.321 e. The molecule has 1 aliphatic rings. The van der Waals surface area contributed by atoms with Crippen LogP contribution in [0.3, 0.4) is 0 Å². The van der Waals surface area contributed by atoms with E-state index in [0.717, 1.165) is 22.2 Å². The summed E-state index contributed by atoms with van der Waals surface area (Å²) in [6, 6.07) is 7.55. The summed E-state index contributed by atoms with van der Waals surface area (Å²) in [6.45, 7) is 0.598. The highest BCUT2D eigenvalue weighted by Crippen LogP contribution is 2.26. The third-order valence-electron chi connectivity index (χ3n) is 3.13. The van der Waals surface area contributed by atoms with Crippen LogP contribution in [0, 0.1) is 0 Å². The Morgan fingerprint density at radius 1 is 1.38 bits per heavy atom. The summed E-state index contributed by atoms with van der Waals surface area (Å²) in [6.07, 6.45) is 0.550. The molecule has 0 spiro atoms. The zero-order chi connectivity index (χ0) is 11.1. The lowest BCUT2D eigenvalue weighted by atomic mass is 9.84. The second-order valence-corrected chi connectivity index (χ2v) is 4.10. The van der Waals surface area contributed by atoms with Crippen molar-refractivity contribution in [2.75, 3.05) is 0 Å². The minimum Gasteiger partial charge on any atom is -0.480 e. The Balaban J connectivity index is 2.11. The summed E-state index contributed by atoms with van der Waals surface area (Å²) in [7, 11) is 0. The second kappa shape index (κ2) is 3.35. The summed E-state index contributed by atoms with van der Waals surface area (Å²) in [5, 5.41) is 13.1. The number of para-hydroxylation sites is 1. The molecule has 4 nitrogen and oxygen atoms in total. The van der Waals surface area contributed by atoms with E-state index < -0.39 is 12.0 Å². The van der Waals surface area contributed by atoms with E-state index in [0.29, 0.717) is 13.0 Å². The van der Waals surface area contributed by atoms with Crippen molar-refractivity contribution in [2.45, 2.75) is 19.0 Å². The summed E-state index contributed by atoms with van der Waals surface area (Å²) in [5.74, 6) is -0.782. The fourth-order valence-electron chi connectivity index (χ4n) is 2.32. The quantitative estimate of drug-likeness (QED) is 0.671.